The molecule has 11 nitrogen and oxygen atoms in total. The Morgan fingerprint density at radius 3 is 1.03 bits per heavy atom. The van der Waals surface area contributed by atoms with Gasteiger partial charge in [0.15, 0.2) is 0 Å². The Hall–Kier alpha value is -16.1. The maximum absolute atomic E-state index is 5.07. The van der Waals surface area contributed by atoms with Crippen molar-refractivity contribution in [2.75, 3.05) is 0 Å². The van der Waals surface area contributed by atoms with Crippen molar-refractivity contribution in [2.45, 2.75) is 0 Å². The lowest BCUT2D eigenvalue weighted by molar-refractivity contribution is 1.30. The van der Waals surface area contributed by atoms with Crippen molar-refractivity contribution in [3.8, 4) is 112 Å². The maximum atomic E-state index is 5.07. The fourth-order valence-corrected chi connectivity index (χ4v) is 15.8. The Kier molecular flexibility index (Phi) is 18.0. The molecule has 0 fully saturated rings. The summed E-state index contributed by atoms with van der Waals surface area (Å²) < 4.78 is 0. The highest BCUT2D eigenvalue weighted by molar-refractivity contribution is 6.04. The van der Waals surface area contributed by atoms with Gasteiger partial charge in [-0.3, -0.25) is 19.9 Å². The highest BCUT2D eigenvalue weighted by Crippen LogP contribution is 2.38. The van der Waals surface area contributed by atoms with Gasteiger partial charge < -0.3 is 0 Å². The van der Waals surface area contributed by atoms with Crippen LogP contribution in [0.3, 0.4) is 0 Å². The summed E-state index contributed by atoms with van der Waals surface area (Å²) in [4.78, 5) is 51.8. The van der Waals surface area contributed by atoms with E-state index < -0.39 is 0 Å². The average molecular weight is 1510 g/mol. The first-order chi connectivity index (χ1) is 58.4. The summed E-state index contributed by atoms with van der Waals surface area (Å²) in [5.74, 6) is 0. The Labute approximate surface area is 678 Å². The molecular formula is C107H67N11. The van der Waals surface area contributed by atoms with Crippen LogP contribution in [0.25, 0.3) is 221 Å². The molecule has 0 aliphatic heterocycles. The zero-order valence-electron chi connectivity index (χ0n) is 63.6. The van der Waals surface area contributed by atoms with Crippen molar-refractivity contribution in [3.05, 3.63) is 407 Å². The third kappa shape index (κ3) is 14.0. The van der Waals surface area contributed by atoms with E-state index >= 15 is 0 Å². The normalized spacial score (nSPS) is 11.4. The van der Waals surface area contributed by atoms with E-state index in [-0.39, 0.29) is 0 Å². The molecule has 0 spiro atoms. The van der Waals surface area contributed by atoms with E-state index in [1.807, 2.05) is 79.1 Å². The van der Waals surface area contributed by atoms with Crippen molar-refractivity contribution in [3.63, 3.8) is 0 Å². The van der Waals surface area contributed by atoms with Gasteiger partial charge in [0, 0.05) is 125 Å². The second-order valence-corrected chi connectivity index (χ2v) is 29.4. The van der Waals surface area contributed by atoms with Crippen LogP contribution in [-0.4, -0.2) is 54.8 Å². The summed E-state index contributed by atoms with van der Waals surface area (Å²) in [6.07, 6.45) is 12.6. The van der Waals surface area contributed by atoms with Gasteiger partial charge >= 0.3 is 0 Å². The van der Waals surface area contributed by atoms with Crippen LogP contribution in [0, 0.1) is 0 Å². The fraction of sp³-hybridized carbons (Fsp3) is 0. The molecule has 0 bridgehead atoms. The highest BCUT2D eigenvalue weighted by Gasteiger charge is 2.15. The van der Waals surface area contributed by atoms with Crippen LogP contribution < -0.4 is 0 Å². The molecule has 23 rings (SSSR count). The van der Waals surface area contributed by atoms with E-state index in [0.717, 1.165) is 210 Å². The second-order valence-electron chi connectivity index (χ2n) is 29.4. The topological polar surface area (TPSA) is 142 Å². The molecule has 118 heavy (non-hydrogen) atoms. The van der Waals surface area contributed by atoms with Gasteiger partial charge in [0.2, 0.25) is 0 Å². The van der Waals surface area contributed by atoms with Gasteiger partial charge in [-0.25, -0.2) is 34.9 Å². The van der Waals surface area contributed by atoms with Crippen LogP contribution in [0.2, 0.25) is 0 Å². The first kappa shape index (κ1) is 69.8. The van der Waals surface area contributed by atoms with Crippen LogP contribution in [0.1, 0.15) is 0 Å². The summed E-state index contributed by atoms with van der Waals surface area (Å²) in [5.41, 5.74) is 28.8. The molecule has 23 aromatic rings. The number of pyridine rings is 11. The highest BCUT2D eigenvalue weighted by atomic mass is 14.8. The molecule has 0 aliphatic carbocycles. The van der Waals surface area contributed by atoms with E-state index in [1.54, 1.807) is 31.0 Å². The van der Waals surface area contributed by atoms with E-state index in [4.69, 9.17) is 34.9 Å². The molecule has 11 heterocycles. The predicted octanol–water partition coefficient (Wildman–Crippen LogP) is 26.6. The summed E-state index contributed by atoms with van der Waals surface area (Å²) in [6, 6.07) is 127. The Morgan fingerprint density at radius 1 is 0.153 bits per heavy atom. The summed E-state index contributed by atoms with van der Waals surface area (Å²) in [7, 11) is 0. The van der Waals surface area contributed by atoms with Crippen molar-refractivity contribution in [2.24, 2.45) is 0 Å². The number of hydrogen-bond donors (Lipinski definition) is 0. The van der Waals surface area contributed by atoms with Crippen LogP contribution in [0.4, 0.5) is 0 Å². The largest absolute Gasteiger partial charge is 0.265 e. The third-order valence-electron chi connectivity index (χ3n) is 22.1. The lowest BCUT2D eigenvalue weighted by atomic mass is 9.99. The van der Waals surface area contributed by atoms with Crippen LogP contribution in [0.15, 0.2) is 407 Å². The molecule has 0 aliphatic rings. The van der Waals surface area contributed by atoms with E-state index in [1.165, 1.54) is 10.8 Å². The van der Waals surface area contributed by atoms with Crippen LogP contribution in [0.5, 0.6) is 0 Å². The first-order valence-corrected chi connectivity index (χ1v) is 39.3. The Bertz CT molecular complexity index is 7820. The zero-order valence-corrected chi connectivity index (χ0v) is 63.6. The molecule has 11 heteroatoms. The standard InChI is InChI=1S/C45H27N5.C33H21N3.C29H19N3/c1-4-38(27-46-21-1)42-17-13-28-5-8-34(26-43(28)49-42)33-15-19-39-37(25-33)16-20-40(48-39)35-11-9-32-24-36(12-10-31(32)23-35)41-18-14-30-7-6-29-3-2-22-47-44(29)45(30)50-41;1-2-6-28-22(4-1)5-3-7-29(28)32-15-12-27-20-25(11-14-31(27)35-32)26-9-8-23-10-13-30(36-33(23)21-26)24-16-18-34-19-17-24;1-2-4-20(5-3-1)26-13-10-25-18-23(9-12-28(25)31-26)24-7-6-21-8-11-27(32-29(21)19-24)22-14-16-30-17-15-22/h1-27H;1-21H;1-19H. The molecule has 0 saturated carbocycles. The smallest absolute Gasteiger partial charge is 0.0972 e. The van der Waals surface area contributed by atoms with Crippen LogP contribution >= 0.6 is 0 Å². The van der Waals surface area contributed by atoms with E-state index in [0.29, 0.717) is 0 Å². The lowest BCUT2D eigenvalue weighted by Gasteiger charge is -2.09. The minimum atomic E-state index is 0.917. The summed E-state index contributed by atoms with van der Waals surface area (Å²) in [5, 5.41) is 13.7. The van der Waals surface area contributed by atoms with Gasteiger partial charge in [-0.05, 0) is 207 Å². The molecule has 0 saturated heterocycles. The number of fused-ring (bicyclic) bond motifs is 11. The number of hydrogen-bond acceptors (Lipinski definition) is 11. The van der Waals surface area contributed by atoms with Crippen LogP contribution in [-0.2, 0) is 0 Å². The number of nitrogens with zero attached hydrogens (tertiary/aromatic N) is 11. The molecule has 0 unspecified atom stereocenters. The second kappa shape index (κ2) is 30.4. The Morgan fingerprint density at radius 2 is 0.500 bits per heavy atom. The SMILES string of the molecule is c1ccc(-c2ccc3cc(-c4ccc5ccc(-c6ccncc6)nc5c4)ccc3n2)cc1.c1ccc2c(-c3ccc4cc(-c5ccc6ccc(-c7ccncc7)nc6c5)ccc4n3)cccc2c1.c1cncc(-c2ccc3ccc(-c4ccc5nc(-c6ccc7cc(-c8ccc9ccc%10cccnc%10c9n8)ccc7c6)ccc5c4)cc3n2)c1. The minimum absolute atomic E-state index is 0.917. The molecule has 12 aromatic carbocycles. The summed E-state index contributed by atoms with van der Waals surface area (Å²) >= 11 is 0. The maximum Gasteiger partial charge on any atom is 0.0972 e. The lowest BCUT2D eigenvalue weighted by Crippen LogP contribution is -1.89. The number of rotatable bonds is 10. The molecule has 0 atom stereocenters. The van der Waals surface area contributed by atoms with Gasteiger partial charge in [0.05, 0.1) is 84.0 Å². The molecule has 0 amide bonds. The zero-order chi connectivity index (χ0) is 78.2. The Balaban J connectivity index is 0.000000114. The fourth-order valence-electron chi connectivity index (χ4n) is 15.8. The van der Waals surface area contributed by atoms with E-state index in [9.17, 15) is 0 Å². The van der Waals surface area contributed by atoms with E-state index in [2.05, 4.69) is 317 Å². The summed E-state index contributed by atoms with van der Waals surface area (Å²) in [6.45, 7) is 0. The minimum Gasteiger partial charge on any atom is -0.265 e. The van der Waals surface area contributed by atoms with Crippen molar-refractivity contribution in [1.29, 1.82) is 0 Å². The number of benzene rings is 12. The van der Waals surface area contributed by atoms with Crippen molar-refractivity contribution < 1.29 is 0 Å². The first-order valence-electron chi connectivity index (χ1n) is 39.3. The molecular weight excluding hydrogens is 1440 g/mol. The van der Waals surface area contributed by atoms with Crippen molar-refractivity contribution >= 4 is 109 Å². The molecule has 11 aromatic heterocycles. The van der Waals surface area contributed by atoms with Crippen molar-refractivity contribution in [1.82, 2.24) is 54.8 Å². The monoisotopic (exact) mass is 1510 g/mol. The predicted molar refractivity (Wildman–Crippen MR) is 484 cm³/mol. The quantitative estimate of drug-likeness (QED) is 0.121. The molecule has 0 radical (unpaired) electrons. The van der Waals surface area contributed by atoms with Gasteiger partial charge in [0.1, 0.15) is 0 Å². The van der Waals surface area contributed by atoms with Gasteiger partial charge in [-0.1, -0.05) is 212 Å². The number of aromatic nitrogens is 11. The average Bonchev–Trinajstić information content (AvgIpc) is 0.790. The third-order valence-corrected chi connectivity index (χ3v) is 22.1. The van der Waals surface area contributed by atoms with Gasteiger partial charge in [0.25, 0.3) is 0 Å². The molecule has 0 N–H and O–H groups in total. The van der Waals surface area contributed by atoms with Gasteiger partial charge in [-0.2, -0.15) is 0 Å². The molecule has 550 valence electrons. The van der Waals surface area contributed by atoms with Gasteiger partial charge in [-0.15, -0.1) is 0 Å².